The molecule has 2 amide bonds. The fraction of sp³-hybridized carbons (Fsp3) is 0.385. The molecule has 0 heterocycles. The molecular formula is C26H33N5O4. The van der Waals surface area contributed by atoms with E-state index >= 15 is 0 Å². The number of nitrogen functional groups attached to an aromatic ring is 1. The number of hydrogen-bond donors (Lipinski definition) is 6. The molecule has 2 aromatic carbocycles. The molecular weight excluding hydrogens is 446 g/mol. The second-order valence-electron chi connectivity index (χ2n) is 9.12. The van der Waals surface area contributed by atoms with Crippen molar-refractivity contribution >= 4 is 23.6 Å². The minimum Gasteiger partial charge on any atom is -0.480 e. The zero-order chi connectivity index (χ0) is 25.6. The summed E-state index contributed by atoms with van der Waals surface area (Å²) in [4.78, 5) is 38.0. The van der Waals surface area contributed by atoms with Crippen LogP contribution in [0.2, 0.25) is 0 Å². The lowest BCUT2D eigenvalue weighted by molar-refractivity contribution is -0.137. The molecule has 0 spiro atoms. The van der Waals surface area contributed by atoms with E-state index in [1.807, 2.05) is 38.1 Å². The van der Waals surface area contributed by atoms with Gasteiger partial charge in [-0.3, -0.25) is 25.1 Å². The van der Waals surface area contributed by atoms with E-state index < -0.39 is 23.5 Å². The van der Waals surface area contributed by atoms with Gasteiger partial charge in [-0.15, -0.1) is 0 Å². The van der Waals surface area contributed by atoms with Crippen LogP contribution in [-0.2, 0) is 33.8 Å². The zero-order valence-electron chi connectivity index (χ0n) is 20.1. The molecule has 0 aromatic heterocycles. The number of nitrogens with one attached hydrogen (secondary N) is 4. The Balaban J connectivity index is 1.80. The maximum absolute atomic E-state index is 13.6. The fourth-order valence-electron chi connectivity index (χ4n) is 4.37. The van der Waals surface area contributed by atoms with Gasteiger partial charge in [0.1, 0.15) is 11.4 Å². The van der Waals surface area contributed by atoms with Crippen LogP contribution in [0.25, 0.3) is 0 Å². The minimum atomic E-state index is -1.18. The van der Waals surface area contributed by atoms with Gasteiger partial charge >= 0.3 is 5.97 Å². The van der Waals surface area contributed by atoms with Crippen molar-refractivity contribution < 1.29 is 19.5 Å². The number of fused-ring (bicyclic) bond motifs is 1. The van der Waals surface area contributed by atoms with Crippen molar-refractivity contribution in [3.8, 4) is 0 Å². The Kier molecular flexibility index (Phi) is 8.24. The number of benzene rings is 2. The molecule has 0 fully saturated rings. The first-order chi connectivity index (χ1) is 16.6. The first kappa shape index (κ1) is 25.9. The van der Waals surface area contributed by atoms with Gasteiger partial charge in [0.05, 0.1) is 12.6 Å². The first-order valence-electron chi connectivity index (χ1n) is 11.7. The SMILES string of the molecule is CC[C@@H](C)[C@@H](NCC(=O)O)C(=O)NC1(C(=O)NCc2ccc(C(=N)N)cc2)Cc2ccccc2C1. The van der Waals surface area contributed by atoms with Gasteiger partial charge in [0.2, 0.25) is 11.8 Å². The Morgan fingerprint density at radius 2 is 1.69 bits per heavy atom. The van der Waals surface area contributed by atoms with Crippen LogP contribution in [0.4, 0.5) is 0 Å². The number of nitrogens with two attached hydrogens (primary N) is 1. The smallest absolute Gasteiger partial charge is 0.317 e. The predicted molar refractivity (Wildman–Crippen MR) is 133 cm³/mol. The van der Waals surface area contributed by atoms with Gasteiger partial charge in [0.25, 0.3) is 0 Å². The number of amides is 2. The fourth-order valence-corrected chi connectivity index (χ4v) is 4.37. The van der Waals surface area contributed by atoms with Gasteiger partial charge in [-0.1, -0.05) is 68.8 Å². The third-order valence-electron chi connectivity index (χ3n) is 6.59. The standard InChI is InChI=1S/C26H33N5O4/c1-3-16(2)22(29-15-21(32)33)24(34)31-26(12-19-6-4-5-7-20(19)13-26)25(35)30-14-17-8-10-18(11-9-17)23(27)28/h4-11,16,22,29H,3,12-15H2,1-2H3,(H3,27,28)(H,30,35)(H,31,34)(H,32,33)/t16-,22-/m1/s1. The number of hydrogen-bond acceptors (Lipinski definition) is 5. The molecule has 9 heteroatoms. The topological polar surface area (TPSA) is 157 Å². The Hall–Kier alpha value is -3.72. The average Bonchev–Trinajstić information content (AvgIpc) is 3.21. The molecule has 35 heavy (non-hydrogen) atoms. The summed E-state index contributed by atoms with van der Waals surface area (Å²) in [7, 11) is 0. The van der Waals surface area contributed by atoms with Crippen molar-refractivity contribution in [3.05, 3.63) is 70.8 Å². The maximum Gasteiger partial charge on any atom is 0.317 e. The van der Waals surface area contributed by atoms with E-state index in [1.54, 1.807) is 24.3 Å². The Morgan fingerprint density at radius 3 is 2.20 bits per heavy atom. The molecule has 186 valence electrons. The van der Waals surface area contributed by atoms with E-state index in [1.165, 1.54) is 0 Å². The number of aliphatic carboxylic acids is 1. The summed E-state index contributed by atoms with van der Waals surface area (Å²) in [5, 5.41) is 25.4. The normalized spacial score (nSPS) is 15.5. The van der Waals surface area contributed by atoms with Crippen LogP contribution >= 0.6 is 0 Å². The Morgan fingerprint density at radius 1 is 1.09 bits per heavy atom. The van der Waals surface area contributed by atoms with E-state index in [0.29, 0.717) is 24.8 Å². The highest BCUT2D eigenvalue weighted by Crippen LogP contribution is 2.31. The molecule has 7 N–H and O–H groups in total. The quantitative estimate of drug-likeness (QED) is 0.211. The van der Waals surface area contributed by atoms with Crippen LogP contribution < -0.4 is 21.7 Å². The van der Waals surface area contributed by atoms with Gasteiger partial charge in [0.15, 0.2) is 0 Å². The highest BCUT2D eigenvalue weighted by molar-refractivity contribution is 5.95. The lowest BCUT2D eigenvalue weighted by atomic mass is 9.91. The molecule has 0 unspecified atom stereocenters. The number of carboxylic acid groups (broad SMARTS) is 1. The van der Waals surface area contributed by atoms with Gasteiger partial charge in [-0.05, 0) is 22.6 Å². The molecule has 1 aliphatic rings. The molecule has 9 nitrogen and oxygen atoms in total. The molecule has 0 bridgehead atoms. The van der Waals surface area contributed by atoms with Crippen LogP contribution in [0.1, 0.15) is 42.5 Å². The van der Waals surface area contributed by atoms with Crippen LogP contribution in [0, 0.1) is 11.3 Å². The molecule has 2 aromatic rings. The minimum absolute atomic E-state index is 0.0293. The van der Waals surface area contributed by atoms with Gasteiger partial charge in [-0.2, -0.15) is 0 Å². The van der Waals surface area contributed by atoms with E-state index in [-0.39, 0.29) is 30.8 Å². The average molecular weight is 480 g/mol. The number of carboxylic acids is 1. The van der Waals surface area contributed by atoms with Crippen LogP contribution in [0.15, 0.2) is 48.5 Å². The largest absolute Gasteiger partial charge is 0.480 e. The number of rotatable bonds is 11. The molecule has 2 atom stereocenters. The summed E-state index contributed by atoms with van der Waals surface area (Å²) < 4.78 is 0. The van der Waals surface area contributed by atoms with Crippen molar-refractivity contribution in [3.63, 3.8) is 0 Å². The van der Waals surface area contributed by atoms with Crippen molar-refractivity contribution in [2.24, 2.45) is 11.7 Å². The van der Waals surface area contributed by atoms with Crippen molar-refractivity contribution in [2.75, 3.05) is 6.54 Å². The summed E-state index contributed by atoms with van der Waals surface area (Å²) >= 11 is 0. The Labute approximate surface area is 205 Å². The summed E-state index contributed by atoms with van der Waals surface area (Å²) in [6.45, 7) is 3.70. The van der Waals surface area contributed by atoms with Crippen LogP contribution in [0.5, 0.6) is 0 Å². The van der Waals surface area contributed by atoms with Gasteiger partial charge in [-0.25, -0.2) is 0 Å². The number of carbonyl (C=O) groups is 3. The lowest BCUT2D eigenvalue weighted by Gasteiger charge is -2.32. The molecule has 3 rings (SSSR count). The molecule has 1 aliphatic carbocycles. The second-order valence-corrected chi connectivity index (χ2v) is 9.12. The van der Waals surface area contributed by atoms with Crippen LogP contribution in [0.3, 0.4) is 0 Å². The molecule has 0 saturated carbocycles. The van der Waals surface area contributed by atoms with E-state index in [4.69, 9.17) is 16.2 Å². The first-order valence-corrected chi connectivity index (χ1v) is 11.7. The van der Waals surface area contributed by atoms with Gasteiger partial charge < -0.3 is 21.5 Å². The third-order valence-corrected chi connectivity index (χ3v) is 6.59. The predicted octanol–water partition coefficient (Wildman–Crippen LogP) is 1.33. The van der Waals surface area contributed by atoms with E-state index in [0.717, 1.165) is 16.7 Å². The Bertz CT molecular complexity index is 1070. The molecule has 0 aliphatic heterocycles. The summed E-state index contributed by atoms with van der Waals surface area (Å²) in [5.41, 5.74) is 7.74. The van der Waals surface area contributed by atoms with Crippen molar-refractivity contribution in [2.45, 2.75) is 51.2 Å². The van der Waals surface area contributed by atoms with E-state index in [2.05, 4.69) is 16.0 Å². The number of amidine groups is 1. The summed E-state index contributed by atoms with van der Waals surface area (Å²) in [6, 6.07) is 14.0. The summed E-state index contributed by atoms with van der Waals surface area (Å²) in [5.74, 6) is -1.91. The van der Waals surface area contributed by atoms with Crippen molar-refractivity contribution in [1.82, 2.24) is 16.0 Å². The zero-order valence-corrected chi connectivity index (χ0v) is 20.1. The summed E-state index contributed by atoms with van der Waals surface area (Å²) in [6.07, 6.45) is 1.35. The maximum atomic E-state index is 13.6. The highest BCUT2D eigenvalue weighted by Gasteiger charge is 2.46. The van der Waals surface area contributed by atoms with Gasteiger partial charge in [0, 0.05) is 24.9 Å². The molecule has 0 saturated heterocycles. The third kappa shape index (κ3) is 6.24. The number of carbonyl (C=O) groups excluding carboxylic acids is 2. The molecule has 0 radical (unpaired) electrons. The monoisotopic (exact) mass is 479 g/mol. The van der Waals surface area contributed by atoms with Crippen molar-refractivity contribution in [1.29, 1.82) is 5.41 Å². The van der Waals surface area contributed by atoms with Crippen LogP contribution in [-0.4, -0.2) is 46.9 Å². The second kappa shape index (κ2) is 11.1. The highest BCUT2D eigenvalue weighted by atomic mass is 16.4. The lowest BCUT2D eigenvalue weighted by Crippen LogP contribution is -2.63. The van der Waals surface area contributed by atoms with E-state index in [9.17, 15) is 14.4 Å².